The lowest BCUT2D eigenvalue weighted by Gasteiger charge is -2.35. The van der Waals surface area contributed by atoms with E-state index in [1.165, 1.54) is 5.69 Å². The van der Waals surface area contributed by atoms with Gasteiger partial charge in [0.25, 0.3) is 0 Å². The van der Waals surface area contributed by atoms with Crippen LogP contribution in [-0.4, -0.2) is 38.6 Å². The van der Waals surface area contributed by atoms with E-state index in [4.69, 9.17) is 9.84 Å². The summed E-state index contributed by atoms with van der Waals surface area (Å²) in [6.45, 7) is 1.66. The maximum atomic E-state index is 12.1. The van der Waals surface area contributed by atoms with Crippen molar-refractivity contribution in [2.24, 2.45) is 0 Å². The average molecular weight is 348 g/mol. The lowest BCUT2D eigenvalue weighted by molar-refractivity contribution is -0.132. The van der Waals surface area contributed by atoms with Gasteiger partial charge in [-0.2, -0.15) is 5.10 Å². The number of methoxy groups -OCH3 is 1. The summed E-state index contributed by atoms with van der Waals surface area (Å²) in [4.78, 5) is 18.7. The molecule has 3 aromatic rings. The Morgan fingerprint density at radius 2 is 2.12 bits per heavy atom. The van der Waals surface area contributed by atoms with E-state index in [1.54, 1.807) is 14.0 Å². The second kappa shape index (κ2) is 5.56. The molecule has 6 heteroatoms. The lowest BCUT2D eigenvalue weighted by Crippen LogP contribution is -2.41. The molecule has 2 aliphatic heterocycles. The van der Waals surface area contributed by atoms with Gasteiger partial charge in [-0.1, -0.05) is 12.1 Å². The molecule has 5 rings (SSSR count). The highest BCUT2D eigenvalue weighted by Gasteiger charge is 2.42. The number of amides is 1. The summed E-state index contributed by atoms with van der Waals surface area (Å²) < 4.78 is 7.44. The van der Waals surface area contributed by atoms with Gasteiger partial charge in [0.15, 0.2) is 5.65 Å². The van der Waals surface area contributed by atoms with Crippen LogP contribution in [0, 0.1) is 0 Å². The van der Waals surface area contributed by atoms with E-state index >= 15 is 0 Å². The second-order valence-electron chi connectivity index (χ2n) is 7.04. The minimum Gasteiger partial charge on any atom is -0.496 e. The van der Waals surface area contributed by atoms with E-state index in [9.17, 15) is 4.79 Å². The maximum absolute atomic E-state index is 12.1. The van der Waals surface area contributed by atoms with Crippen molar-refractivity contribution >= 4 is 11.6 Å². The first kappa shape index (κ1) is 15.4. The molecule has 1 saturated heterocycles. The molecule has 0 N–H and O–H groups in total. The van der Waals surface area contributed by atoms with Crippen LogP contribution in [0.25, 0.3) is 16.9 Å². The average Bonchev–Trinajstić information content (AvgIpc) is 3.23. The molecule has 4 heterocycles. The van der Waals surface area contributed by atoms with Gasteiger partial charge < -0.3 is 9.64 Å². The molecule has 2 bridgehead atoms. The number of rotatable bonds is 2. The van der Waals surface area contributed by atoms with Crippen LogP contribution in [0.2, 0.25) is 0 Å². The Hall–Kier alpha value is -2.89. The smallest absolute Gasteiger partial charge is 0.220 e. The summed E-state index contributed by atoms with van der Waals surface area (Å²) >= 11 is 0. The van der Waals surface area contributed by atoms with Crippen molar-refractivity contribution in [3.05, 3.63) is 47.8 Å². The van der Waals surface area contributed by atoms with Gasteiger partial charge in [-0.3, -0.25) is 4.79 Å². The summed E-state index contributed by atoms with van der Waals surface area (Å²) in [6.07, 6.45) is 4.81. The third kappa shape index (κ3) is 2.08. The molecule has 132 valence electrons. The zero-order valence-electron chi connectivity index (χ0n) is 14.8. The number of carbonyl (C=O) groups excluding carboxylic acids is 1. The summed E-state index contributed by atoms with van der Waals surface area (Å²) in [6, 6.07) is 10.3. The number of carbonyl (C=O) groups is 1. The normalized spacial score (nSPS) is 21.1. The third-order valence-electron chi connectivity index (χ3n) is 5.65. The zero-order valence-corrected chi connectivity index (χ0v) is 14.8. The first-order valence-electron chi connectivity index (χ1n) is 8.97. The molecule has 26 heavy (non-hydrogen) atoms. The molecule has 2 aliphatic rings. The highest BCUT2D eigenvalue weighted by atomic mass is 16.5. The van der Waals surface area contributed by atoms with Crippen molar-refractivity contribution in [2.75, 3.05) is 7.11 Å². The van der Waals surface area contributed by atoms with E-state index in [-0.39, 0.29) is 18.0 Å². The van der Waals surface area contributed by atoms with E-state index in [0.717, 1.165) is 47.5 Å². The van der Waals surface area contributed by atoms with Crippen LogP contribution >= 0.6 is 0 Å². The fourth-order valence-corrected chi connectivity index (χ4v) is 4.55. The largest absolute Gasteiger partial charge is 0.496 e. The number of aromatic nitrogens is 3. The summed E-state index contributed by atoms with van der Waals surface area (Å²) in [7, 11) is 1.67. The van der Waals surface area contributed by atoms with Gasteiger partial charge in [-0.25, -0.2) is 9.50 Å². The fraction of sp³-hybridized carbons (Fsp3) is 0.350. The van der Waals surface area contributed by atoms with Crippen molar-refractivity contribution in [3.8, 4) is 17.0 Å². The standard InChI is InChI=1S/C20H20N4O2/c1-12(25)23-13-7-8-17(23)15-11-21-20-10-16(22-24(20)18(15)9-13)14-5-3-4-6-19(14)26-2/h3-6,10-11,13,17H,7-9H2,1-2H3/t13-,17+/m1/s1. The Morgan fingerprint density at radius 3 is 2.92 bits per heavy atom. The van der Waals surface area contributed by atoms with Crippen molar-refractivity contribution in [2.45, 2.75) is 38.3 Å². The number of fused-ring (bicyclic) bond motifs is 6. The molecule has 0 unspecified atom stereocenters. The third-order valence-corrected chi connectivity index (χ3v) is 5.65. The topological polar surface area (TPSA) is 59.7 Å². The number of nitrogens with zero attached hydrogens (tertiary/aromatic N) is 4. The number of hydrogen-bond acceptors (Lipinski definition) is 4. The Labute approximate surface area is 151 Å². The van der Waals surface area contributed by atoms with Crippen LogP contribution in [-0.2, 0) is 11.2 Å². The SMILES string of the molecule is COc1ccccc1-c1cc2ncc3c(n2n1)C[C@H]1CC[C@@H]3N1C(C)=O. The van der Waals surface area contributed by atoms with E-state index in [0.29, 0.717) is 0 Å². The highest BCUT2D eigenvalue weighted by Crippen LogP contribution is 2.43. The van der Waals surface area contributed by atoms with Crippen LogP contribution < -0.4 is 4.74 Å². The van der Waals surface area contributed by atoms with Crippen LogP contribution in [0.15, 0.2) is 36.5 Å². The molecule has 0 aliphatic carbocycles. The predicted octanol–water partition coefficient (Wildman–Crippen LogP) is 3.01. The highest BCUT2D eigenvalue weighted by molar-refractivity contribution is 5.75. The van der Waals surface area contributed by atoms with Gasteiger partial charge in [0.05, 0.1) is 24.5 Å². The Bertz CT molecular complexity index is 1030. The minimum absolute atomic E-state index is 0.136. The summed E-state index contributed by atoms with van der Waals surface area (Å²) in [5.74, 6) is 0.950. The number of para-hydroxylation sites is 1. The van der Waals surface area contributed by atoms with Gasteiger partial charge in [-0.15, -0.1) is 0 Å². The first-order valence-corrected chi connectivity index (χ1v) is 8.97. The number of ether oxygens (including phenoxy) is 1. The van der Waals surface area contributed by atoms with Crippen molar-refractivity contribution in [1.29, 1.82) is 0 Å². The quantitative estimate of drug-likeness (QED) is 0.714. The van der Waals surface area contributed by atoms with Crippen molar-refractivity contribution in [3.63, 3.8) is 0 Å². The number of hydrogen-bond donors (Lipinski definition) is 0. The molecule has 2 aromatic heterocycles. The molecule has 1 fully saturated rings. The summed E-state index contributed by atoms with van der Waals surface area (Å²) in [5.41, 5.74) is 4.96. The molecule has 2 atom stereocenters. The van der Waals surface area contributed by atoms with E-state index < -0.39 is 0 Å². The Balaban J connectivity index is 1.66. The van der Waals surface area contributed by atoms with Crippen LogP contribution in [0.1, 0.15) is 37.1 Å². The van der Waals surface area contributed by atoms with Gasteiger partial charge in [0.2, 0.25) is 5.91 Å². The van der Waals surface area contributed by atoms with Gasteiger partial charge >= 0.3 is 0 Å². The fourth-order valence-electron chi connectivity index (χ4n) is 4.55. The molecule has 0 spiro atoms. The van der Waals surface area contributed by atoms with Crippen molar-refractivity contribution in [1.82, 2.24) is 19.5 Å². The van der Waals surface area contributed by atoms with Crippen LogP contribution in [0.5, 0.6) is 5.75 Å². The number of benzene rings is 1. The van der Waals surface area contributed by atoms with Crippen molar-refractivity contribution < 1.29 is 9.53 Å². The lowest BCUT2D eigenvalue weighted by atomic mass is 9.99. The Kier molecular flexibility index (Phi) is 3.29. The first-order chi connectivity index (χ1) is 12.7. The summed E-state index contributed by atoms with van der Waals surface area (Å²) in [5, 5.41) is 4.84. The van der Waals surface area contributed by atoms with Crippen LogP contribution in [0.4, 0.5) is 0 Å². The monoisotopic (exact) mass is 348 g/mol. The van der Waals surface area contributed by atoms with E-state index in [1.807, 2.05) is 45.9 Å². The minimum atomic E-state index is 0.136. The maximum Gasteiger partial charge on any atom is 0.220 e. The molecular weight excluding hydrogens is 328 g/mol. The molecule has 0 radical (unpaired) electrons. The molecule has 1 aromatic carbocycles. The molecule has 6 nitrogen and oxygen atoms in total. The zero-order chi connectivity index (χ0) is 17.8. The molecule has 0 saturated carbocycles. The van der Waals surface area contributed by atoms with Crippen LogP contribution in [0.3, 0.4) is 0 Å². The second-order valence-corrected chi connectivity index (χ2v) is 7.04. The van der Waals surface area contributed by atoms with Gasteiger partial charge in [0.1, 0.15) is 5.75 Å². The Morgan fingerprint density at radius 1 is 1.27 bits per heavy atom. The molecular formula is C20H20N4O2. The van der Waals surface area contributed by atoms with Gasteiger partial charge in [-0.05, 0) is 25.0 Å². The van der Waals surface area contributed by atoms with Gasteiger partial charge in [0, 0.05) is 42.8 Å². The molecule has 1 amide bonds. The van der Waals surface area contributed by atoms with E-state index in [2.05, 4.69) is 4.98 Å². The predicted molar refractivity (Wildman–Crippen MR) is 97.0 cm³/mol.